The summed E-state index contributed by atoms with van der Waals surface area (Å²) >= 11 is 3.44. The number of ketones is 1. The Morgan fingerprint density at radius 1 is 1.24 bits per heavy atom. The third kappa shape index (κ3) is 3.51. The molecular formula is C18H14BrN2O4+. The number of hydrogen-bond donors (Lipinski definition) is 0. The first-order valence-corrected chi connectivity index (χ1v) is 8.22. The molecule has 0 aliphatic carbocycles. The maximum absolute atomic E-state index is 12.6. The third-order valence-electron chi connectivity index (χ3n) is 3.83. The van der Waals surface area contributed by atoms with Crippen molar-refractivity contribution in [3.8, 4) is 5.75 Å². The van der Waals surface area contributed by atoms with Gasteiger partial charge < -0.3 is 4.74 Å². The van der Waals surface area contributed by atoms with Crippen molar-refractivity contribution in [2.24, 2.45) is 0 Å². The molecule has 1 heterocycles. The highest BCUT2D eigenvalue weighted by Crippen LogP contribution is 2.27. The lowest BCUT2D eigenvalue weighted by molar-refractivity contribution is -0.657. The minimum absolute atomic E-state index is 0.0729. The van der Waals surface area contributed by atoms with Crippen molar-refractivity contribution in [2.75, 3.05) is 7.11 Å². The van der Waals surface area contributed by atoms with Crippen molar-refractivity contribution in [2.45, 2.75) is 6.54 Å². The van der Waals surface area contributed by atoms with Gasteiger partial charge in [0.25, 0.3) is 0 Å². The lowest BCUT2D eigenvalue weighted by Gasteiger charge is -2.05. The Bertz CT molecular complexity index is 988. The predicted molar refractivity (Wildman–Crippen MR) is 95.8 cm³/mol. The van der Waals surface area contributed by atoms with Gasteiger partial charge in [0.05, 0.1) is 16.5 Å². The van der Waals surface area contributed by atoms with E-state index in [4.69, 9.17) is 4.74 Å². The summed E-state index contributed by atoms with van der Waals surface area (Å²) in [5.41, 5.74) is 0.948. The third-order valence-corrected chi connectivity index (χ3v) is 4.26. The monoisotopic (exact) mass is 401 g/mol. The fourth-order valence-corrected chi connectivity index (χ4v) is 3.15. The molecule has 0 saturated carbocycles. The second-order valence-electron chi connectivity index (χ2n) is 5.41. The molecule has 3 rings (SSSR count). The summed E-state index contributed by atoms with van der Waals surface area (Å²) < 4.78 is 7.63. The van der Waals surface area contributed by atoms with Crippen LogP contribution in [0.4, 0.5) is 5.69 Å². The molecule has 0 spiro atoms. The Labute approximate surface area is 151 Å². The number of pyridine rings is 1. The summed E-state index contributed by atoms with van der Waals surface area (Å²) in [5, 5.41) is 12.1. The molecule has 0 unspecified atom stereocenters. The molecule has 0 aliphatic heterocycles. The van der Waals surface area contributed by atoms with Gasteiger partial charge in [-0.3, -0.25) is 14.9 Å². The quantitative estimate of drug-likeness (QED) is 0.282. The van der Waals surface area contributed by atoms with Gasteiger partial charge in [0.1, 0.15) is 0 Å². The molecule has 3 aromatic rings. The first-order chi connectivity index (χ1) is 12.0. The molecule has 7 heteroatoms. The Hall–Kier alpha value is -2.80. The Morgan fingerprint density at radius 2 is 2.00 bits per heavy atom. The fraction of sp³-hybridized carbons (Fsp3) is 0.111. The van der Waals surface area contributed by atoms with E-state index in [0.717, 1.165) is 15.4 Å². The van der Waals surface area contributed by atoms with E-state index < -0.39 is 4.92 Å². The standard InChI is InChI=1S/C18H14BrN2O4/c1-25-18-7-6-13(9-16(18)21(23)24)17(22)11-20-10-14(19)8-12-4-2-3-5-15(12)20/h2-10H,11H2,1H3/q+1. The molecule has 0 fully saturated rings. The molecule has 1 aromatic heterocycles. The Balaban J connectivity index is 1.98. The van der Waals surface area contributed by atoms with Gasteiger partial charge in [0.15, 0.2) is 11.9 Å². The van der Waals surface area contributed by atoms with E-state index in [0.29, 0.717) is 0 Å². The summed E-state index contributed by atoms with van der Waals surface area (Å²) in [4.78, 5) is 23.2. The highest BCUT2D eigenvalue weighted by molar-refractivity contribution is 9.10. The SMILES string of the molecule is COc1ccc(C(=O)C[n+]2cc(Br)cc3ccccc32)cc1[N+](=O)[O-]. The average Bonchev–Trinajstić information content (AvgIpc) is 2.60. The van der Waals surface area contributed by atoms with Crippen LogP contribution in [0.25, 0.3) is 10.9 Å². The van der Waals surface area contributed by atoms with Crippen molar-refractivity contribution in [3.05, 3.63) is 74.9 Å². The molecule has 0 bridgehead atoms. The first kappa shape index (κ1) is 17.0. The van der Waals surface area contributed by atoms with Gasteiger partial charge in [-0.2, -0.15) is 4.57 Å². The number of carbonyl (C=O) groups is 1. The average molecular weight is 402 g/mol. The number of para-hydroxylation sites is 1. The second kappa shape index (κ2) is 6.98. The molecule has 25 heavy (non-hydrogen) atoms. The molecule has 0 atom stereocenters. The van der Waals surface area contributed by atoms with Crippen LogP contribution in [0.3, 0.4) is 0 Å². The molecular weight excluding hydrogens is 388 g/mol. The lowest BCUT2D eigenvalue weighted by Crippen LogP contribution is -2.38. The summed E-state index contributed by atoms with van der Waals surface area (Å²) in [6, 6.07) is 13.9. The van der Waals surface area contributed by atoms with E-state index in [-0.39, 0.29) is 29.3 Å². The molecule has 0 saturated heterocycles. The minimum atomic E-state index is -0.558. The number of methoxy groups -OCH3 is 1. The van der Waals surface area contributed by atoms with Gasteiger partial charge in [0.2, 0.25) is 17.8 Å². The van der Waals surface area contributed by atoms with Crippen LogP contribution in [0.2, 0.25) is 0 Å². The van der Waals surface area contributed by atoms with E-state index in [2.05, 4.69) is 15.9 Å². The van der Waals surface area contributed by atoms with Crippen LogP contribution >= 0.6 is 15.9 Å². The van der Waals surface area contributed by atoms with Gasteiger partial charge in [-0.05, 0) is 40.2 Å². The molecule has 0 N–H and O–H groups in total. The number of nitro groups is 1. The number of halogens is 1. The molecule has 6 nitrogen and oxygen atoms in total. The van der Waals surface area contributed by atoms with Crippen LogP contribution in [-0.4, -0.2) is 17.8 Å². The fourth-order valence-electron chi connectivity index (χ4n) is 2.66. The van der Waals surface area contributed by atoms with Crippen LogP contribution in [0.15, 0.2) is 59.2 Å². The number of rotatable bonds is 5. The number of Topliss-reactive ketones (excluding diaryl/α,β-unsaturated/α-hetero) is 1. The highest BCUT2D eigenvalue weighted by atomic mass is 79.9. The number of ether oxygens (including phenoxy) is 1. The summed E-state index contributed by atoms with van der Waals surface area (Å²) in [6.07, 6.45) is 1.82. The van der Waals surface area contributed by atoms with E-state index in [1.54, 1.807) is 0 Å². The molecule has 0 aliphatic rings. The molecule has 126 valence electrons. The van der Waals surface area contributed by atoms with Crippen LogP contribution in [0.1, 0.15) is 10.4 Å². The summed E-state index contributed by atoms with van der Waals surface area (Å²) in [5.74, 6) is -0.0962. The highest BCUT2D eigenvalue weighted by Gasteiger charge is 2.21. The lowest BCUT2D eigenvalue weighted by atomic mass is 10.1. The minimum Gasteiger partial charge on any atom is -0.490 e. The topological polar surface area (TPSA) is 73.3 Å². The van der Waals surface area contributed by atoms with Crippen LogP contribution < -0.4 is 9.30 Å². The largest absolute Gasteiger partial charge is 0.490 e. The van der Waals surface area contributed by atoms with Crippen LogP contribution in [0.5, 0.6) is 5.75 Å². The normalized spacial score (nSPS) is 10.6. The van der Waals surface area contributed by atoms with Crippen molar-refractivity contribution in [1.29, 1.82) is 0 Å². The van der Waals surface area contributed by atoms with Gasteiger partial charge in [-0.15, -0.1) is 0 Å². The Morgan fingerprint density at radius 3 is 2.72 bits per heavy atom. The number of benzene rings is 2. The van der Waals surface area contributed by atoms with E-state index in [1.165, 1.54) is 25.3 Å². The number of hydrogen-bond acceptors (Lipinski definition) is 4. The van der Waals surface area contributed by atoms with Gasteiger partial charge in [-0.1, -0.05) is 12.1 Å². The maximum Gasteiger partial charge on any atom is 0.311 e. The number of carbonyl (C=O) groups excluding carboxylic acids is 1. The van der Waals surface area contributed by atoms with Crippen molar-refractivity contribution < 1.29 is 19.0 Å². The van der Waals surface area contributed by atoms with E-state index in [9.17, 15) is 14.9 Å². The number of nitro benzene ring substituents is 1. The zero-order valence-corrected chi connectivity index (χ0v) is 14.9. The molecule has 0 amide bonds. The zero-order chi connectivity index (χ0) is 18.0. The zero-order valence-electron chi connectivity index (χ0n) is 13.3. The van der Waals surface area contributed by atoms with Gasteiger partial charge in [-0.25, -0.2) is 0 Å². The molecule has 0 radical (unpaired) electrons. The Kier molecular flexibility index (Phi) is 4.76. The summed E-state index contributed by atoms with van der Waals surface area (Å²) in [7, 11) is 1.35. The first-order valence-electron chi connectivity index (χ1n) is 7.43. The summed E-state index contributed by atoms with van der Waals surface area (Å²) in [6.45, 7) is 0.0729. The van der Waals surface area contributed by atoms with Crippen molar-refractivity contribution in [1.82, 2.24) is 0 Å². The van der Waals surface area contributed by atoms with Crippen molar-refractivity contribution in [3.63, 3.8) is 0 Å². The van der Waals surface area contributed by atoms with E-state index in [1.807, 2.05) is 41.1 Å². The number of nitrogens with zero attached hydrogens (tertiary/aromatic N) is 2. The molecule has 2 aromatic carbocycles. The number of aromatic nitrogens is 1. The number of fused-ring (bicyclic) bond motifs is 1. The predicted octanol–water partition coefficient (Wildman–Crippen LogP) is 3.69. The second-order valence-corrected chi connectivity index (χ2v) is 6.33. The smallest absolute Gasteiger partial charge is 0.311 e. The van der Waals surface area contributed by atoms with Crippen LogP contribution in [0, 0.1) is 10.1 Å². The maximum atomic E-state index is 12.6. The van der Waals surface area contributed by atoms with Crippen LogP contribution in [-0.2, 0) is 6.54 Å². The van der Waals surface area contributed by atoms with E-state index >= 15 is 0 Å². The van der Waals surface area contributed by atoms with Gasteiger partial charge >= 0.3 is 5.69 Å². The van der Waals surface area contributed by atoms with Gasteiger partial charge in [0, 0.05) is 23.1 Å². The van der Waals surface area contributed by atoms with Crippen molar-refractivity contribution >= 4 is 38.3 Å².